The summed E-state index contributed by atoms with van der Waals surface area (Å²) in [5, 5.41) is 5.25. The quantitative estimate of drug-likeness (QED) is 0.756. The second-order valence-corrected chi connectivity index (χ2v) is 8.70. The third-order valence-electron chi connectivity index (χ3n) is 4.86. The molecule has 5 nitrogen and oxygen atoms in total. The molecule has 0 radical (unpaired) electrons. The van der Waals surface area contributed by atoms with Gasteiger partial charge in [0.1, 0.15) is 0 Å². The van der Waals surface area contributed by atoms with Crippen molar-refractivity contribution in [3.05, 3.63) is 77.4 Å². The van der Waals surface area contributed by atoms with Crippen LogP contribution in [0.5, 0.6) is 0 Å². The van der Waals surface area contributed by atoms with Crippen molar-refractivity contribution in [2.45, 2.75) is 13.0 Å². The van der Waals surface area contributed by atoms with Crippen molar-refractivity contribution in [3.8, 4) is 0 Å². The predicted molar refractivity (Wildman–Crippen MR) is 107 cm³/mol. The summed E-state index contributed by atoms with van der Waals surface area (Å²) >= 11 is 0. The van der Waals surface area contributed by atoms with Crippen molar-refractivity contribution >= 4 is 32.4 Å². The number of carbonyl (C=O) groups excluding carboxylic acids is 1. The van der Waals surface area contributed by atoms with E-state index in [1.54, 1.807) is 18.2 Å². The smallest absolute Gasteiger partial charge is 0.251 e. The van der Waals surface area contributed by atoms with Gasteiger partial charge in [0.25, 0.3) is 5.91 Å². The molecular formula is C21H20N2O3S. The number of anilines is 1. The normalized spacial score (nSPS) is 13.6. The summed E-state index contributed by atoms with van der Waals surface area (Å²) in [5.74, 6) is -0.163. The van der Waals surface area contributed by atoms with Crippen LogP contribution in [0.3, 0.4) is 0 Å². The van der Waals surface area contributed by atoms with Crippen LogP contribution in [-0.2, 0) is 23.0 Å². The van der Waals surface area contributed by atoms with Gasteiger partial charge < -0.3 is 5.32 Å². The fourth-order valence-electron chi connectivity index (χ4n) is 3.49. The molecule has 1 aliphatic heterocycles. The molecule has 0 fully saturated rings. The minimum atomic E-state index is -3.28. The second kappa shape index (κ2) is 6.70. The molecule has 0 aromatic heterocycles. The molecule has 0 saturated carbocycles. The number of carbonyl (C=O) groups is 1. The van der Waals surface area contributed by atoms with E-state index in [1.807, 2.05) is 24.3 Å². The van der Waals surface area contributed by atoms with Crippen molar-refractivity contribution in [2.75, 3.05) is 17.1 Å². The molecule has 0 saturated heterocycles. The molecule has 1 amide bonds. The van der Waals surface area contributed by atoms with Gasteiger partial charge in [0.05, 0.1) is 11.9 Å². The second-order valence-electron chi connectivity index (χ2n) is 6.79. The first-order valence-corrected chi connectivity index (χ1v) is 10.6. The van der Waals surface area contributed by atoms with E-state index in [-0.39, 0.29) is 5.91 Å². The third-order valence-corrected chi connectivity index (χ3v) is 6.04. The third kappa shape index (κ3) is 3.53. The molecule has 1 heterocycles. The lowest BCUT2D eigenvalue weighted by Crippen LogP contribution is -2.27. The number of rotatable bonds is 4. The summed E-state index contributed by atoms with van der Waals surface area (Å²) in [7, 11) is -3.28. The molecule has 3 aromatic rings. The Labute approximate surface area is 158 Å². The maximum Gasteiger partial charge on any atom is 0.251 e. The van der Waals surface area contributed by atoms with Crippen molar-refractivity contribution in [2.24, 2.45) is 0 Å². The Morgan fingerprint density at radius 3 is 2.59 bits per heavy atom. The van der Waals surface area contributed by atoms with E-state index in [0.717, 1.165) is 16.5 Å². The number of fused-ring (bicyclic) bond motifs is 2. The lowest BCUT2D eigenvalue weighted by atomic mass is 10.1. The molecule has 4 rings (SSSR count). The Bertz CT molecular complexity index is 1140. The molecule has 6 heteroatoms. The first-order valence-electron chi connectivity index (χ1n) is 8.78. The van der Waals surface area contributed by atoms with Gasteiger partial charge in [0, 0.05) is 18.7 Å². The zero-order chi connectivity index (χ0) is 19.0. The molecule has 0 aliphatic carbocycles. The summed E-state index contributed by atoms with van der Waals surface area (Å²) in [4.78, 5) is 12.5. The summed E-state index contributed by atoms with van der Waals surface area (Å²) in [6.45, 7) is 0.868. The number of nitrogens with zero attached hydrogens (tertiary/aromatic N) is 1. The molecule has 1 aliphatic rings. The molecule has 0 bridgehead atoms. The van der Waals surface area contributed by atoms with Gasteiger partial charge in [0.2, 0.25) is 10.0 Å². The van der Waals surface area contributed by atoms with E-state index in [0.29, 0.717) is 30.8 Å². The van der Waals surface area contributed by atoms with Crippen LogP contribution in [0.4, 0.5) is 5.69 Å². The Kier molecular flexibility index (Phi) is 4.36. The molecule has 0 spiro atoms. The molecule has 0 unspecified atom stereocenters. The van der Waals surface area contributed by atoms with Gasteiger partial charge in [-0.1, -0.05) is 36.4 Å². The largest absolute Gasteiger partial charge is 0.348 e. The average molecular weight is 380 g/mol. The molecule has 1 N–H and O–H groups in total. The van der Waals surface area contributed by atoms with Gasteiger partial charge in [-0.25, -0.2) is 8.42 Å². The highest BCUT2D eigenvalue weighted by Crippen LogP contribution is 2.30. The van der Waals surface area contributed by atoms with Crippen LogP contribution in [0.1, 0.15) is 21.5 Å². The van der Waals surface area contributed by atoms with Gasteiger partial charge in [-0.15, -0.1) is 0 Å². The Balaban J connectivity index is 1.48. The van der Waals surface area contributed by atoms with Crippen LogP contribution in [0.25, 0.3) is 10.8 Å². The number of amides is 1. The number of benzene rings is 3. The Hall–Kier alpha value is -2.86. The van der Waals surface area contributed by atoms with Crippen LogP contribution in [-0.4, -0.2) is 27.1 Å². The van der Waals surface area contributed by atoms with E-state index >= 15 is 0 Å². The summed E-state index contributed by atoms with van der Waals surface area (Å²) in [6.07, 6.45) is 1.82. The molecule has 27 heavy (non-hydrogen) atoms. The monoisotopic (exact) mass is 380 g/mol. The average Bonchev–Trinajstić information content (AvgIpc) is 3.09. The minimum absolute atomic E-state index is 0.163. The molecule has 0 atom stereocenters. The van der Waals surface area contributed by atoms with Gasteiger partial charge >= 0.3 is 0 Å². The molecule has 138 valence electrons. The highest BCUT2D eigenvalue weighted by Gasteiger charge is 2.26. The topological polar surface area (TPSA) is 66.5 Å². The van der Waals surface area contributed by atoms with E-state index in [1.165, 1.54) is 15.9 Å². The SMILES string of the molecule is CS(=O)(=O)N1CCc2cc(C(=O)NCc3ccc4ccccc4c3)ccc21. The lowest BCUT2D eigenvalue weighted by Gasteiger charge is -2.16. The zero-order valence-corrected chi connectivity index (χ0v) is 15.8. The van der Waals surface area contributed by atoms with Crippen molar-refractivity contribution in [1.29, 1.82) is 0 Å². The van der Waals surface area contributed by atoms with Crippen molar-refractivity contribution < 1.29 is 13.2 Å². The van der Waals surface area contributed by atoms with Gasteiger partial charge in [0.15, 0.2) is 0 Å². The Morgan fingerprint density at radius 2 is 1.81 bits per heavy atom. The first-order chi connectivity index (χ1) is 12.9. The van der Waals surface area contributed by atoms with Crippen LogP contribution >= 0.6 is 0 Å². The Morgan fingerprint density at radius 1 is 1.04 bits per heavy atom. The number of sulfonamides is 1. The van der Waals surface area contributed by atoms with E-state index in [4.69, 9.17) is 0 Å². The standard InChI is InChI=1S/C21H20N2O3S/c1-27(25,26)23-11-10-18-13-19(8-9-20(18)23)21(24)22-14-15-6-7-16-4-2-3-5-17(16)12-15/h2-9,12-13H,10-11,14H2,1H3,(H,22,24). The summed E-state index contributed by atoms with van der Waals surface area (Å²) in [6, 6.07) is 19.4. The highest BCUT2D eigenvalue weighted by molar-refractivity contribution is 7.92. The van der Waals surface area contributed by atoms with E-state index in [2.05, 4.69) is 23.5 Å². The van der Waals surface area contributed by atoms with E-state index in [9.17, 15) is 13.2 Å². The highest BCUT2D eigenvalue weighted by atomic mass is 32.2. The maximum absolute atomic E-state index is 12.5. The fraction of sp³-hybridized carbons (Fsp3) is 0.190. The summed E-state index contributed by atoms with van der Waals surface area (Å²) in [5.41, 5.74) is 3.14. The van der Waals surface area contributed by atoms with Crippen molar-refractivity contribution in [1.82, 2.24) is 5.32 Å². The molecular weight excluding hydrogens is 360 g/mol. The van der Waals surface area contributed by atoms with Crippen LogP contribution in [0.15, 0.2) is 60.7 Å². The number of nitrogens with one attached hydrogen (secondary N) is 1. The lowest BCUT2D eigenvalue weighted by molar-refractivity contribution is 0.0951. The van der Waals surface area contributed by atoms with Crippen LogP contribution in [0, 0.1) is 0 Å². The number of hydrogen-bond donors (Lipinski definition) is 1. The van der Waals surface area contributed by atoms with Crippen LogP contribution in [0.2, 0.25) is 0 Å². The fourth-order valence-corrected chi connectivity index (χ4v) is 4.45. The molecule has 3 aromatic carbocycles. The number of hydrogen-bond acceptors (Lipinski definition) is 3. The van der Waals surface area contributed by atoms with Gasteiger partial charge in [-0.3, -0.25) is 9.10 Å². The van der Waals surface area contributed by atoms with Gasteiger partial charge in [-0.05, 0) is 52.6 Å². The van der Waals surface area contributed by atoms with Crippen molar-refractivity contribution in [3.63, 3.8) is 0 Å². The zero-order valence-electron chi connectivity index (χ0n) is 15.0. The van der Waals surface area contributed by atoms with Crippen LogP contribution < -0.4 is 9.62 Å². The predicted octanol–water partition coefficient (Wildman–Crippen LogP) is 3.09. The van der Waals surface area contributed by atoms with Gasteiger partial charge in [-0.2, -0.15) is 0 Å². The minimum Gasteiger partial charge on any atom is -0.348 e. The first kappa shape index (κ1) is 17.5. The summed E-state index contributed by atoms with van der Waals surface area (Å²) < 4.78 is 25.0. The maximum atomic E-state index is 12.5. The van der Waals surface area contributed by atoms with E-state index < -0.39 is 10.0 Å².